The van der Waals surface area contributed by atoms with E-state index in [1.165, 1.54) is 10.8 Å². The standard InChI is InChI=1S/C18H20N2O7/c1-11-8-20(18(24)19-17(11)23)15-7-13(14(9-21)26-15)27-16(22)10-25-12-5-3-2-4-6-12/h2-6,8,13-15,21H,7,9-10H2,1H3,(H,19,23,24)/t13?,14-,15-/m1/s1. The molecule has 1 aliphatic heterocycles. The molecule has 3 atom stereocenters. The second kappa shape index (κ2) is 8.19. The molecule has 0 amide bonds. The number of para-hydroxylation sites is 1. The van der Waals surface area contributed by atoms with Gasteiger partial charge >= 0.3 is 11.7 Å². The number of benzene rings is 1. The van der Waals surface area contributed by atoms with Crippen molar-refractivity contribution in [2.75, 3.05) is 13.2 Å². The second-order valence-corrected chi connectivity index (χ2v) is 6.16. The molecule has 0 aliphatic carbocycles. The van der Waals surface area contributed by atoms with Crippen molar-refractivity contribution in [1.29, 1.82) is 0 Å². The number of hydrogen-bond donors (Lipinski definition) is 2. The van der Waals surface area contributed by atoms with E-state index in [0.29, 0.717) is 11.3 Å². The largest absolute Gasteiger partial charge is 0.482 e. The fraction of sp³-hybridized carbons (Fsp3) is 0.389. The zero-order valence-electron chi connectivity index (χ0n) is 14.7. The van der Waals surface area contributed by atoms with E-state index in [0.717, 1.165) is 0 Å². The summed E-state index contributed by atoms with van der Waals surface area (Å²) < 4.78 is 17.5. The van der Waals surface area contributed by atoms with Crippen LogP contribution in [-0.4, -0.2) is 46.0 Å². The normalized spacial score (nSPS) is 21.8. The highest BCUT2D eigenvalue weighted by molar-refractivity contribution is 5.71. The average molecular weight is 376 g/mol. The van der Waals surface area contributed by atoms with E-state index in [2.05, 4.69) is 4.98 Å². The van der Waals surface area contributed by atoms with E-state index in [1.54, 1.807) is 31.2 Å². The van der Waals surface area contributed by atoms with Crippen LogP contribution < -0.4 is 16.0 Å². The van der Waals surface area contributed by atoms with Gasteiger partial charge < -0.3 is 19.3 Å². The number of esters is 1. The van der Waals surface area contributed by atoms with E-state index in [4.69, 9.17) is 14.2 Å². The Labute approximate surface area is 154 Å². The number of ether oxygens (including phenoxy) is 3. The third-order valence-corrected chi connectivity index (χ3v) is 4.20. The van der Waals surface area contributed by atoms with E-state index in [-0.39, 0.29) is 19.6 Å². The lowest BCUT2D eigenvalue weighted by Gasteiger charge is -2.16. The number of aliphatic hydroxyl groups is 1. The molecular weight excluding hydrogens is 356 g/mol. The lowest BCUT2D eigenvalue weighted by molar-refractivity contribution is -0.155. The zero-order chi connectivity index (χ0) is 19.4. The first-order valence-electron chi connectivity index (χ1n) is 8.43. The summed E-state index contributed by atoms with van der Waals surface area (Å²) >= 11 is 0. The van der Waals surface area contributed by atoms with Crippen LogP contribution in [0.3, 0.4) is 0 Å². The van der Waals surface area contributed by atoms with E-state index < -0.39 is 35.7 Å². The van der Waals surface area contributed by atoms with Gasteiger partial charge in [0, 0.05) is 18.2 Å². The molecule has 0 bridgehead atoms. The predicted octanol–water partition coefficient (Wildman–Crippen LogP) is 0.116. The fourth-order valence-electron chi connectivity index (χ4n) is 2.82. The molecule has 0 saturated carbocycles. The number of aromatic amines is 1. The van der Waals surface area contributed by atoms with Crippen molar-refractivity contribution in [3.8, 4) is 5.75 Å². The lowest BCUT2D eigenvalue weighted by atomic mass is 10.2. The third kappa shape index (κ3) is 4.44. The molecule has 2 aromatic rings. The molecule has 1 aromatic carbocycles. The molecule has 9 heteroatoms. The van der Waals surface area contributed by atoms with Crippen molar-refractivity contribution in [3.05, 3.63) is 62.9 Å². The number of rotatable bonds is 6. The Kier molecular flexibility index (Phi) is 5.72. The monoisotopic (exact) mass is 376 g/mol. The number of aliphatic hydroxyl groups excluding tert-OH is 1. The predicted molar refractivity (Wildman–Crippen MR) is 93.5 cm³/mol. The Hall–Kier alpha value is -2.91. The number of nitrogens with one attached hydrogen (secondary N) is 1. The maximum Gasteiger partial charge on any atom is 0.344 e. The quantitative estimate of drug-likeness (QED) is 0.687. The number of aromatic nitrogens is 2. The highest BCUT2D eigenvalue weighted by Gasteiger charge is 2.39. The van der Waals surface area contributed by atoms with Gasteiger partial charge in [-0.05, 0) is 19.1 Å². The topological polar surface area (TPSA) is 120 Å². The van der Waals surface area contributed by atoms with Crippen molar-refractivity contribution in [2.45, 2.75) is 31.8 Å². The first kappa shape index (κ1) is 18.9. The molecule has 0 radical (unpaired) electrons. The Morgan fingerprint density at radius 1 is 1.33 bits per heavy atom. The minimum atomic E-state index is -0.783. The summed E-state index contributed by atoms with van der Waals surface area (Å²) in [7, 11) is 0. The van der Waals surface area contributed by atoms with Crippen LogP contribution in [-0.2, 0) is 14.3 Å². The maximum absolute atomic E-state index is 12.0. The van der Waals surface area contributed by atoms with Crippen LogP contribution in [0.2, 0.25) is 0 Å². The molecule has 2 N–H and O–H groups in total. The van der Waals surface area contributed by atoms with Gasteiger partial charge in [-0.15, -0.1) is 0 Å². The minimum absolute atomic E-state index is 0.160. The van der Waals surface area contributed by atoms with Crippen molar-refractivity contribution in [3.63, 3.8) is 0 Å². The molecule has 1 saturated heterocycles. The van der Waals surface area contributed by atoms with Crippen LogP contribution >= 0.6 is 0 Å². The first-order chi connectivity index (χ1) is 13.0. The molecule has 2 heterocycles. The molecule has 9 nitrogen and oxygen atoms in total. The van der Waals surface area contributed by atoms with Gasteiger partial charge in [0.1, 0.15) is 24.2 Å². The van der Waals surface area contributed by atoms with Gasteiger partial charge in [0.05, 0.1) is 6.61 Å². The van der Waals surface area contributed by atoms with Gasteiger partial charge in [-0.3, -0.25) is 14.3 Å². The molecule has 144 valence electrons. The Morgan fingerprint density at radius 2 is 2.07 bits per heavy atom. The van der Waals surface area contributed by atoms with Crippen LogP contribution in [0.4, 0.5) is 0 Å². The van der Waals surface area contributed by atoms with Gasteiger partial charge in [-0.2, -0.15) is 0 Å². The zero-order valence-corrected chi connectivity index (χ0v) is 14.7. The highest BCUT2D eigenvalue weighted by Crippen LogP contribution is 2.29. The van der Waals surface area contributed by atoms with Crippen molar-refractivity contribution in [1.82, 2.24) is 9.55 Å². The number of H-pyrrole nitrogens is 1. The molecule has 3 rings (SSSR count). The van der Waals surface area contributed by atoms with Gasteiger partial charge in [0.15, 0.2) is 6.61 Å². The average Bonchev–Trinajstić information content (AvgIpc) is 3.06. The number of nitrogens with zero attached hydrogens (tertiary/aromatic N) is 1. The van der Waals surface area contributed by atoms with Gasteiger partial charge in [0.25, 0.3) is 5.56 Å². The van der Waals surface area contributed by atoms with Crippen molar-refractivity contribution >= 4 is 5.97 Å². The van der Waals surface area contributed by atoms with Gasteiger partial charge in [0.2, 0.25) is 0 Å². The summed E-state index contributed by atoms with van der Waals surface area (Å²) in [4.78, 5) is 37.7. The Bertz CT molecular complexity index is 906. The number of aryl methyl sites for hydroxylation is 1. The highest BCUT2D eigenvalue weighted by atomic mass is 16.6. The summed E-state index contributed by atoms with van der Waals surface area (Å²) in [6.07, 6.45) is -0.754. The molecule has 1 aromatic heterocycles. The van der Waals surface area contributed by atoms with Crippen molar-refractivity contribution in [2.24, 2.45) is 0 Å². The van der Waals surface area contributed by atoms with Crippen LogP contribution in [0.25, 0.3) is 0 Å². The molecule has 1 aliphatic rings. The first-order valence-corrected chi connectivity index (χ1v) is 8.43. The minimum Gasteiger partial charge on any atom is -0.482 e. The smallest absolute Gasteiger partial charge is 0.344 e. The van der Waals surface area contributed by atoms with Crippen LogP contribution in [0.5, 0.6) is 5.75 Å². The third-order valence-electron chi connectivity index (χ3n) is 4.20. The summed E-state index contributed by atoms with van der Waals surface area (Å²) in [6, 6.07) is 8.81. The molecule has 0 spiro atoms. The summed E-state index contributed by atoms with van der Waals surface area (Å²) in [5.41, 5.74) is -0.767. The van der Waals surface area contributed by atoms with Crippen LogP contribution in [0.1, 0.15) is 18.2 Å². The molecular formula is C18H20N2O7. The SMILES string of the molecule is Cc1cn([C@H]2CC(OC(=O)COc3ccccc3)[C@@H](CO)O2)c(=O)[nH]c1=O. The van der Waals surface area contributed by atoms with Gasteiger partial charge in [-0.1, -0.05) is 18.2 Å². The Morgan fingerprint density at radius 3 is 2.78 bits per heavy atom. The number of carbonyl (C=O) groups is 1. The Balaban J connectivity index is 1.64. The maximum atomic E-state index is 12.0. The summed E-state index contributed by atoms with van der Waals surface area (Å²) in [5, 5.41) is 9.50. The summed E-state index contributed by atoms with van der Waals surface area (Å²) in [6.45, 7) is 0.887. The second-order valence-electron chi connectivity index (χ2n) is 6.16. The van der Waals surface area contributed by atoms with Crippen LogP contribution in [0.15, 0.2) is 46.1 Å². The molecule has 27 heavy (non-hydrogen) atoms. The summed E-state index contributed by atoms with van der Waals surface area (Å²) in [5.74, 6) is -0.0828. The van der Waals surface area contributed by atoms with E-state index in [9.17, 15) is 19.5 Å². The lowest BCUT2D eigenvalue weighted by Crippen LogP contribution is -2.33. The van der Waals surface area contributed by atoms with Gasteiger partial charge in [-0.25, -0.2) is 9.59 Å². The number of hydrogen-bond acceptors (Lipinski definition) is 7. The van der Waals surface area contributed by atoms with E-state index >= 15 is 0 Å². The van der Waals surface area contributed by atoms with Crippen LogP contribution in [0, 0.1) is 6.92 Å². The van der Waals surface area contributed by atoms with Crippen molar-refractivity contribution < 1.29 is 24.1 Å². The number of carbonyl (C=O) groups excluding carboxylic acids is 1. The fourth-order valence-corrected chi connectivity index (χ4v) is 2.82. The molecule has 1 fully saturated rings. The molecule has 1 unspecified atom stereocenters. The van der Waals surface area contributed by atoms with E-state index in [1.807, 2.05) is 6.07 Å².